The minimum absolute atomic E-state index is 0.266. The van der Waals surface area contributed by atoms with Crippen molar-refractivity contribution in [1.82, 2.24) is 0 Å². The average Bonchev–Trinajstić information content (AvgIpc) is 2.87. The Labute approximate surface area is 118 Å². The van der Waals surface area contributed by atoms with Gasteiger partial charge in [0.15, 0.2) is 0 Å². The summed E-state index contributed by atoms with van der Waals surface area (Å²) in [7, 11) is 1.54. The SMILES string of the molecule is COc1csc(C(O)Cc2ccc(C(F)(F)F)cc2)c1. The van der Waals surface area contributed by atoms with Crippen LogP contribution >= 0.6 is 11.3 Å². The van der Waals surface area contributed by atoms with E-state index in [0.29, 0.717) is 11.3 Å². The summed E-state index contributed by atoms with van der Waals surface area (Å²) in [5, 5.41) is 11.8. The van der Waals surface area contributed by atoms with E-state index in [4.69, 9.17) is 4.74 Å². The van der Waals surface area contributed by atoms with Crippen molar-refractivity contribution >= 4 is 11.3 Å². The second kappa shape index (κ2) is 5.85. The van der Waals surface area contributed by atoms with E-state index < -0.39 is 17.8 Å². The van der Waals surface area contributed by atoms with Crippen LogP contribution in [0.4, 0.5) is 13.2 Å². The first kappa shape index (κ1) is 14.9. The Morgan fingerprint density at radius 1 is 1.25 bits per heavy atom. The van der Waals surface area contributed by atoms with Crippen LogP contribution in [0.2, 0.25) is 0 Å². The minimum atomic E-state index is -4.34. The van der Waals surface area contributed by atoms with Gasteiger partial charge in [0.2, 0.25) is 0 Å². The van der Waals surface area contributed by atoms with Gasteiger partial charge >= 0.3 is 6.18 Å². The summed E-state index contributed by atoms with van der Waals surface area (Å²) in [6.45, 7) is 0. The highest BCUT2D eigenvalue weighted by atomic mass is 32.1. The van der Waals surface area contributed by atoms with Crippen LogP contribution in [0.1, 0.15) is 22.1 Å². The highest BCUT2D eigenvalue weighted by Gasteiger charge is 2.30. The Balaban J connectivity index is 2.06. The van der Waals surface area contributed by atoms with Gasteiger partial charge < -0.3 is 9.84 Å². The molecule has 0 bridgehead atoms. The zero-order valence-electron chi connectivity index (χ0n) is 10.6. The summed E-state index contributed by atoms with van der Waals surface area (Å²) in [6, 6.07) is 6.54. The van der Waals surface area contributed by atoms with Crippen LogP contribution in [0, 0.1) is 0 Å². The molecule has 0 spiro atoms. The van der Waals surface area contributed by atoms with Crippen LogP contribution in [0.3, 0.4) is 0 Å². The summed E-state index contributed by atoms with van der Waals surface area (Å²) in [5.74, 6) is 0.663. The van der Waals surface area contributed by atoms with E-state index in [2.05, 4.69) is 0 Å². The van der Waals surface area contributed by atoms with Crippen molar-refractivity contribution in [3.8, 4) is 5.75 Å². The molecular weight excluding hydrogens is 289 g/mol. The summed E-state index contributed by atoms with van der Waals surface area (Å²) >= 11 is 1.35. The topological polar surface area (TPSA) is 29.5 Å². The Morgan fingerprint density at radius 3 is 2.40 bits per heavy atom. The maximum Gasteiger partial charge on any atom is 0.416 e. The van der Waals surface area contributed by atoms with Crippen molar-refractivity contribution in [2.45, 2.75) is 18.7 Å². The predicted molar refractivity (Wildman–Crippen MR) is 71.0 cm³/mol. The molecule has 2 aromatic rings. The second-order valence-electron chi connectivity index (χ2n) is 4.30. The predicted octanol–water partition coefficient (Wildman–Crippen LogP) is 4.05. The number of ether oxygens (including phenoxy) is 1. The van der Waals surface area contributed by atoms with Crippen LogP contribution in [-0.4, -0.2) is 12.2 Å². The molecule has 0 fully saturated rings. The van der Waals surface area contributed by atoms with Gasteiger partial charge in [0.05, 0.1) is 18.8 Å². The molecule has 1 aromatic heterocycles. The molecule has 6 heteroatoms. The average molecular weight is 302 g/mol. The number of halogens is 3. The first-order chi connectivity index (χ1) is 9.40. The number of hydrogen-bond donors (Lipinski definition) is 1. The number of alkyl halides is 3. The maximum absolute atomic E-state index is 12.4. The number of aliphatic hydroxyl groups excluding tert-OH is 1. The number of hydrogen-bond acceptors (Lipinski definition) is 3. The molecule has 20 heavy (non-hydrogen) atoms. The first-order valence-electron chi connectivity index (χ1n) is 5.87. The summed E-state index contributed by atoms with van der Waals surface area (Å²) in [5.41, 5.74) is -0.0357. The lowest BCUT2D eigenvalue weighted by Gasteiger charge is -2.10. The number of benzene rings is 1. The standard InChI is InChI=1S/C14H13F3O2S/c1-19-11-7-13(20-8-11)12(18)6-9-2-4-10(5-3-9)14(15,16)17/h2-5,7-8,12,18H,6H2,1H3. The highest BCUT2D eigenvalue weighted by molar-refractivity contribution is 7.10. The third-order valence-corrected chi connectivity index (χ3v) is 3.88. The van der Waals surface area contributed by atoms with Gasteiger partial charge in [-0.3, -0.25) is 0 Å². The smallest absolute Gasteiger partial charge is 0.416 e. The summed E-state index contributed by atoms with van der Waals surface area (Å²) < 4.78 is 42.3. The number of rotatable bonds is 4. The molecule has 0 aliphatic carbocycles. The molecule has 1 heterocycles. The number of aliphatic hydroxyl groups is 1. The van der Waals surface area contributed by atoms with Gasteiger partial charge in [-0.2, -0.15) is 13.2 Å². The second-order valence-corrected chi connectivity index (χ2v) is 5.25. The van der Waals surface area contributed by atoms with Crippen LogP contribution in [0.5, 0.6) is 5.75 Å². The van der Waals surface area contributed by atoms with Crippen LogP contribution < -0.4 is 4.74 Å². The molecule has 2 nitrogen and oxygen atoms in total. The fourth-order valence-electron chi connectivity index (χ4n) is 1.77. The number of thiophene rings is 1. The molecule has 0 aliphatic rings. The van der Waals surface area contributed by atoms with E-state index in [9.17, 15) is 18.3 Å². The number of methoxy groups -OCH3 is 1. The van der Waals surface area contributed by atoms with Gasteiger partial charge in [0, 0.05) is 16.7 Å². The van der Waals surface area contributed by atoms with Crippen molar-refractivity contribution in [2.24, 2.45) is 0 Å². The van der Waals surface area contributed by atoms with Crippen molar-refractivity contribution in [3.05, 3.63) is 51.7 Å². The fraction of sp³-hybridized carbons (Fsp3) is 0.286. The Kier molecular flexibility index (Phi) is 4.35. The van der Waals surface area contributed by atoms with Crippen LogP contribution in [0.15, 0.2) is 35.7 Å². The zero-order chi connectivity index (χ0) is 14.8. The fourth-order valence-corrected chi connectivity index (χ4v) is 2.61. The van der Waals surface area contributed by atoms with Gasteiger partial charge in [0.1, 0.15) is 5.75 Å². The lowest BCUT2D eigenvalue weighted by atomic mass is 10.0. The lowest BCUT2D eigenvalue weighted by Crippen LogP contribution is -2.05. The third-order valence-electron chi connectivity index (χ3n) is 2.87. The molecule has 108 valence electrons. The monoisotopic (exact) mass is 302 g/mol. The third kappa shape index (κ3) is 3.52. The van der Waals surface area contributed by atoms with Crippen molar-refractivity contribution in [1.29, 1.82) is 0 Å². The van der Waals surface area contributed by atoms with E-state index in [1.165, 1.54) is 30.6 Å². The molecule has 0 radical (unpaired) electrons. The van der Waals surface area contributed by atoms with Gasteiger partial charge in [-0.25, -0.2) is 0 Å². The molecule has 0 amide bonds. The van der Waals surface area contributed by atoms with E-state index in [1.807, 2.05) is 0 Å². The summed E-state index contributed by atoms with van der Waals surface area (Å²) in [4.78, 5) is 0.724. The zero-order valence-corrected chi connectivity index (χ0v) is 11.5. The summed E-state index contributed by atoms with van der Waals surface area (Å²) in [6.07, 6.45) is -4.82. The molecule has 1 atom stereocenters. The van der Waals surface area contributed by atoms with E-state index in [1.54, 1.807) is 11.4 Å². The minimum Gasteiger partial charge on any atom is -0.496 e. The van der Waals surface area contributed by atoms with Crippen molar-refractivity contribution < 1.29 is 23.0 Å². The van der Waals surface area contributed by atoms with Crippen LogP contribution in [-0.2, 0) is 12.6 Å². The maximum atomic E-state index is 12.4. The molecule has 1 aromatic carbocycles. The molecule has 0 aliphatic heterocycles. The Bertz CT molecular complexity index is 561. The largest absolute Gasteiger partial charge is 0.496 e. The Hall–Kier alpha value is -1.53. The normalized spacial score (nSPS) is 13.2. The lowest BCUT2D eigenvalue weighted by molar-refractivity contribution is -0.137. The van der Waals surface area contributed by atoms with Gasteiger partial charge in [-0.05, 0) is 23.8 Å². The molecule has 0 saturated carbocycles. The Morgan fingerprint density at radius 2 is 1.90 bits per heavy atom. The van der Waals surface area contributed by atoms with Crippen molar-refractivity contribution in [3.63, 3.8) is 0 Å². The van der Waals surface area contributed by atoms with E-state index >= 15 is 0 Å². The molecule has 1 N–H and O–H groups in total. The van der Waals surface area contributed by atoms with Gasteiger partial charge in [0.25, 0.3) is 0 Å². The van der Waals surface area contributed by atoms with Crippen LogP contribution in [0.25, 0.3) is 0 Å². The van der Waals surface area contributed by atoms with E-state index in [-0.39, 0.29) is 6.42 Å². The molecule has 0 saturated heterocycles. The molecule has 2 rings (SSSR count). The molecule has 1 unspecified atom stereocenters. The first-order valence-corrected chi connectivity index (χ1v) is 6.74. The molecular formula is C14H13F3O2S. The van der Waals surface area contributed by atoms with E-state index in [0.717, 1.165) is 17.0 Å². The highest BCUT2D eigenvalue weighted by Crippen LogP contribution is 2.31. The van der Waals surface area contributed by atoms with Gasteiger partial charge in [-0.15, -0.1) is 11.3 Å². The van der Waals surface area contributed by atoms with Crippen molar-refractivity contribution in [2.75, 3.05) is 7.11 Å². The quantitative estimate of drug-likeness (QED) is 0.923. The van der Waals surface area contributed by atoms with Gasteiger partial charge in [-0.1, -0.05) is 12.1 Å².